The van der Waals surface area contributed by atoms with E-state index < -0.39 is 0 Å². The number of anilines is 2. The van der Waals surface area contributed by atoms with Crippen molar-refractivity contribution in [2.24, 2.45) is 5.92 Å². The van der Waals surface area contributed by atoms with Crippen molar-refractivity contribution in [3.05, 3.63) is 33.2 Å². The molecule has 2 aromatic heterocycles. The summed E-state index contributed by atoms with van der Waals surface area (Å²) in [6.45, 7) is 4.40. The van der Waals surface area contributed by atoms with Gasteiger partial charge in [-0.05, 0) is 33.3 Å². The molecule has 1 unspecified atom stereocenters. The molecule has 6 heteroatoms. The predicted octanol–water partition coefficient (Wildman–Crippen LogP) is 4.15. The number of hydrogen-bond acceptors (Lipinski definition) is 5. The zero-order chi connectivity index (χ0) is 13.8. The van der Waals surface area contributed by atoms with Crippen LogP contribution in [0.3, 0.4) is 0 Å². The molecule has 0 aliphatic rings. The lowest BCUT2D eigenvalue weighted by molar-refractivity contribution is 0.551. The third kappa shape index (κ3) is 3.25. The fourth-order valence-corrected chi connectivity index (χ4v) is 3.29. The molecule has 0 bridgehead atoms. The van der Waals surface area contributed by atoms with Crippen molar-refractivity contribution in [3.63, 3.8) is 0 Å². The lowest BCUT2D eigenvalue weighted by atomic mass is 10.0. The van der Waals surface area contributed by atoms with E-state index in [2.05, 4.69) is 67.9 Å². The van der Waals surface area contributed by atoms with Gasteiger partial charge in [-0.15, -0.1) is 11.3 Å². The van der Waals surface area contributed by atoms with Crippen LogP contribution < -0.4 is 10.6 Å². The van der Waals surface area contributed by atoms with Gasteiger partial charge in [0.05, 0.1) is 6.04 Å². The molecule has 19 heavy (non-hydrogen) atoms. The minimum Gasteiger partial charge on any atom is -0.372 e. The van der Waals surface area contributed by atoms with Crippen molar-refractivity contribution in [2.45, 2.75) is 19.9 Å². The summed E-state index contributed by atoms with van der Waals surface area (Å²) in [7, 11) is 1.84. The van der Waals surface area contributed by atoms with Crippen LogP contribution in [-0.2, 0) is 0 Å². The summed E-state index contributed by atoms with van der Waals surface area (Å²) in [5.74, 6) is 2.07. The van der Waals surface area contributed by atoms with E-state index in [-0.39, 0.29) is 6.04 Å². The minimum atomic E-state index is 0.246. The summed E-state index contributed by atoms with van der Waals surface area (Å²) in [5, 5.41) is 8.63. The molecule has 2 heterocycles. The van der Waals surface area contributed by atoms with Gasteiger partial charge in [0.15, 0.2) is 0 Å². The molecule has 0 aliphatic carbocycles. The average Bonchev–Trinajstić information content (AvgIpc) is 2.90. The molecule has 2 aromatic rings. The van der Waals surface area contributed by atoms with Gasteiger partial charge in [0.2, 0.25) is 0 Å². The molecule has 102 valence electrons. The first-order valence-electron chi connectivity index (χ1n) is 6.11. The number of hydrogen-bond donors (Lipinski definition) is 2. The number of nitrogens with zero attached hydrogens (tertiary/aromatic N) is 2. The largest absolute Gasteiger partial charge is 0.372 e. The van der Waals surface area contributed by atoms with Gasteiger partial charge in [-0.1, -0.05) is 19.9 Å². The van der Waals surface area contributed by atoms with Crippen LogP contribution in [0.4, 0.5) is 11.6 Å². The van der Waals surface area contributed by atoms with E-state index in [0.29, 0.717) is 5.92 Å². The third-order valence-corrected chi connectivity index (χ3v) is 4.54. The van der Waals surface area contributed by atoms with Crippen LogP contribution in [-0.4, -0.2) is 17.0 Å². The highest BCUT2D eigenvalue weighted by molar-refractivity contribution is 9.10. The highest BCUT2D eigenvalue weighted by Crippen LogP contribution is 2.33. The summed E-state index contributed by atoms with van der Waals surface area (Å²) in [4.78, 5) is 9.79. The zero-order valence-electron chi connectivity index (χ0n) is 11.1. The Morgan fingerprint density at radius 1 is 1.26 bits per heavy atom. The normalized spacial score (nSPS) is 12.5. The lowest BCUT2D eigenvalue weighted by Crippen LogP contribution is -2.17. The SMILES string of the molecule is CNc1ncnc(NC(c2cccs2)C(C)C)c1Br. The highest BCUT2D eigenvalue weighted by atomic mass is 79.9. The number of thiophene rings is 1. The van der Waals surface area contributed by atoms with Gasteiger partial charge in [-0.25, -0.2) is 9.97 Å². The van der Waals surface area contributed by atoms with E-state index >= 15 is 0 Å². The molecule has 4 nitrogen and oxygen atoms in total. The Kier molecular flexibility index (Phi) is 4.76. The predicted molar refractivity (Wildman–Crippen MR) is 84.8 cm³/mol. The molecule has 0 fully saturated rings. The fraction of sp³-hybridized carbons (Fsp3) is 0.385. The number of nitrogens with one attached hydrogen (secondary N) is 2. The summed E-state index contributed by atoms with van der Waals surface area (Å²) in [6.07, 6.45) is 1.56. The molecule has 0 radical (unpaired) electrons. The Morgan fingerprint density at radius 2 is 2.00 bits per heavy atom. The second-order valence-corrected chi connectivity index (χ2v) is 6.29. The van der Waals surface area contributed by atoms with Crippen LogP contribution in [0.15, 0.2) is 28.3 Å². The maximum absolute atomic E-state index is 4.31. The second-order valence-electron chi connectivity index (χ2n) is 4.52. The number of halogens is 1. The van der Waals surface area contributed by atoms with Crippen molar-refractivity contribution in [1.82, 2.24) is 9.97 Å². The van der Waals surface area contributed by atoms with E-state index in [0.717, 1.165) is 16.1 Å². The van der Waals surface area contributed by atoms with Crippen LogP contribution in [0.2, 0.25) is 0 Å². The van der Waals surface area contributed by atoms with E-state index in [1.807, 2.05) is 7.05 Å². The van der Waals surface area contributed by atoms with Gasteiger partial charge in [0, 0.05) is 11.9 Å². The monoisotopic (exact) mass is 340 g/mol. The average molecular weight is 341 g/mol. The summed E-state index contributed by atoms with van der Waals surface area (Å²) >= 11 is 5.29. The number of rotatable bonds is 5. The Hall–Kier alpha value is -1.14. The maximum atomic E-state index is 4.31. The highest BCUT2D eigenvalue weighted by Gasteiger charge is 2.19. The Bertz CT molecular complexity index is 527. The molecule has 0 saturated carbocycles. The van der Waals surface area contributed by atoms with Crippen molar-refractivity contribution in [1.29, 1.82) is 0 Å². The first kappa shape index (κ1) is 14.3. The summed E-state index contributed by atoms with van der Waals surface area (Å²) in [6, 6.07) is 4.47. The first-order valence-corrected chi connectivity index (χ1v) is 7.79. The summed E-state index contributed by atoms with van der Waals surface area (Å²) < 4.78 is 0.861. The van der Waals surface area contributed by atoms with Crippen LogP contribution >= 0.6 is 27.3 Å². The van der Waals surface area contributed by atoms with Gasteiger partial charge in [0.25, 0.3) is 0 Å². The number of aromatic nitrogens is 2. The van der Waals surface area contributed by atoms with Crippen molar-refractivity contribution in [2.75, 3.05) is 17.7 Å². The molecule has 0 amide bonds. The lowest BCUT2D eigenvalue weighted by Gasteiger charge is -2.22. The second kappa shape index (κ2) is 6.34. The van der Waals surface area contributed by atoms with Gasteiger partial charge >= 0.3 is 0 Å². The first-order chi connectivity index (χ1) is 9.13. The Labute approximate surface area is 125 Å². The topological polar surface area (TPSA) is 49.8 Å². The van der Waals surface area contributed by atoms with Crippen LogP contribution in [0.5, 0.6) is 0 Å². The Morgan fingerprint density at radius 3 is 2.58 bits per heavy atom. The molecule has 0 spiro atoms. The van der Waals surface area contributed by atoms with Crippen LogP contribution in [0, 0.1) is 5.92 Å². The van der Waals surface area contributed by atoms with Crippen molar-refractivity contribution < 1.29 is 0 Å². The molecule has 1 atom stereocenters. The van der Waals surface area contributed by atoms with E-state index in [1.165, 1.54) is 4.88 Å². The van der Waals surface area contributed by atoms with E-state index in [1.54, 1.807) is 17.7 Å². The van der Waals surface area contributed by atoms with E-state index in [9.17, 15) is 0 Å². The van der Waals surface area contributed by atoms with Crippen LogP contribution in [0.1, 0.15) is 24.8 Å². The zero-order valence-corrected chi connectivity index (χ0v) is 13.5. The molecule has 0 aromatic carbocycles. The summed E-state index contributed by atoms with van der Waals surface area (Å²) in [5.41, 5.74) is 0. The molecule has 0 aliphatic heterocycles. The van der Waals surface area contributed by atoms with Gasteiger partial charge in [0.1, 0.15) is 22.4 Å². The minimum absolute atomic E-state index is 0.246. The van der Waals surface area contributed by atoms with Crippen molar-refractivity contribution >= 4 is 38.9 Å². The molecular weight excluding hydrogens is 324 g/mol. The Balaban J connectivity index is 2.28. The molecule has 2 N–H and O–H groups in total. The third-order valence-electron chi connectivity index (χ3n) is 2.83. The smallest absolute Gasteiger partial charge is 0.146 e. The van der Waals surface area contributed by atoms with Crippen LogP contribution in [0.25, 0.3) is 0 Å². The molecular formula is C13H17BrN4S. The fourth-order valence-electron chi connectivity index (χ4n) is 1.83. The van der Waals surface area contributed by atoms with Gasteiger partial charge in [-0.2, -0.15) is 0 Å². The molecule has 2 rings (SSSR count). The molecule has 0 saturated heterocycles. The van der Waals surface area contributed by atoms with Gasteiger partial charge < -0.3 is 10.6 Å². The van der Waals surface area contributed by atoms with Gasteiger partial charge in [-0.3, -0.25) is 0 Å². The van der Waals surface area contributed by atoms with Crippen molar-refractivity contribution in [3.8, 4) is 0 Å². The standard InChI is InChI=1S/C13H17BrN4S/c1-8(2)11(9-5-4-6-19-9)18-13-10(14)12(15-3)16-7-17-13/h4-8,11H,1-3H3,(H2,15,16,17,18). The maximum Gasteiger partial charge on any atom is 0.146 e. The van der Waals surface area contributed by atoms with E-state index in [4.69, 9.17) is 0 Å². The quantitative estimate of drug-likeness (QED) is 0.858.